The molecule has 130 valence electrons. The zero-order valence-electron chi connectivity index (χ0n) is 13.1. The highest BCUT2D eigenvalue weighted by atomic mass is 35.5. The Morgan fingerprint density at radius 2 is 2.00 bits per heavy atom. The number of para-hydroxylation sites is 1. The first-order valence-electron chi connectivity index (χ1n) is 7.53. The van der Waals surface area contributed by atoms with E-state index in [1.54, 1.807) is 18.2 Å². The largest absolute Gasteiger partial charge is 0.492 e. The van der Waals surface area contributed by atoms with Gasteiger partial charge in [0.15, 0.2) is 11.5 Å². The fourth-order valence-corrected chi connectivity index (χ4v) is 3.40. The molecule has 0 spiro atoms. The predicted octanol–water partition coefficient (Wildman–Crippen LogP) is 4.14. The van der Waals surface area contributed by atoms with E-state index in [0.29, 0.717) is 34.1 Å². The number of carbonyl (C=O) groups is 1. The molecule has 1 aliphatic rings. The number of halogens is 2. The summed E-state index contributed by atoms with van der Waals surface area (Å²) < 4.78 is 8.74. The van der Waals surface area contributed by atoms with Crippen molar-refractivity contribution >= 4 is 52.3 Å². The van der Waals surface area contributed by atoms with Crippen molar-refractivity contribution in [3.63, 3.8) is 0 Å². The van der Waals surface area contributed by atoms with Crippen LogP contribution in [0.4, 0.5) is 5.69 Å². The standard InChI is InChI=1S/C17H15Cl2N3O2S/c18-14-7-6-12(10-15(14)19)20-17-22(16(11-23)21-25-17)8-9-24-13-4-2-1-3-5-13/h1-7,10-11,16,21H,8-9H2. The predicted molar refractivity (Wildman–Crippen MR) is 103 cm³/mol. The van der Waals surface area contributed by atoms with Gasteiger partial charge in [0.1, 0.15) is 18.5 Å². The van der Waals surface area contributed by atoms with Crippen molar-refractivity contribution in [2.45, 2.75) is 6.17 Å². The molecule has 0 aliphatic carbocycles. The van der Waals surface area contributed by atoms with Crippen molar-refractivity contribution in [2.75, 3.05) is 13.2 Å². The van der Waals surface area contributed by atoms with Gasteiger partial charge in [0, 0.05) is 0 Å². The minimum Gasteiger partial charge on any atom is -0.492 e. The van der Waals surface area contributed by atoms with Crippen LogP contribution in [0.2, 0.25) is 10.0 Å². The Balaban J connectivity index is 1.70. The number of carbonyl (C=O) groups excluding carboxylic acids is 1. The van der Waals surface area contributed by atoms with Crippen molar-refractivity contribution in [2.24, 2.45) is 4.99 Å². The lowest BCUT2D eigenvalue weighted by atomic mass is 10.3. The maximum absolute atomic E-state index is 11.3. The molecule has 2 aromatic carbocycles. The molecule has 0 radical (unpaired) electrons. The molecule has 1 fully saturated rings. The average Bonchev–Trinajstić information content (AvgIpc) is 3.01. The maximum Gasteiger partial charge on any atom is 0.181 e. The van der Waals surface area contributed by atoms with E-state index < -0.39 is 6.17 Å². The van der Waals surface area contributed by atoms with Crippen LogP contribution in [0.25, 0.3) is 0 Å². The van der Waals surface area contributed by atoms with E-state index in [4.69, 9.17) is 27.9 Å². The molecular formula is C17H15Cl2N3O2S. The summed E-state index contributed by atoms with van der Waals surface area (Å²) >= 11 is 13.3. The molecule has 1 heterocycles. The average molecular weight is 396 g/mol. The van der Waals surface area contributed by atoms with Gasteiger partial charge in [-0.3, -0.25) is 4.79 Å². The van der Waals surface area contributed by atoms with Crippen LogP contribution < -0.4 is 9.46 Å². The molecule has 1 unspecified atom stereocenters. The van der Waals surface area contributed by atoms with Crippen LogP contribution in [0.1, 0.15) is 0 Å². The number of ether oxygens (including phenoxy) is 1. The Hall–Kier alpha value is -1.73. The molecule has 1 N–H and O–H groups in total. The van der Waals surface area contributed by atoms with Gasteiger partial charge in [-0.05, 0) is 42.3 Å². The highest BCUT2D eigenvalue weighted by Gasteiger charge is 2.29. The van der Waals surface area contributed by atoms with Crippen molar-refractivity contribution in [1.29, 1.82) is 0 Å². The van der Waals surface area contributed by atoms with Gasteiger partial charge in [0.2, 0.25) is 0 Å². The Morgan fingerprint density at radius 3 is 2.72 bits per heavy atom. The van der Waals surface area contributed by atoms with Crippen molar-refractivity contribution in [1.82, 2.24) is 9.62 Å². The first-order valence-corrected chi connectivity index (χ1v) is 9.10. The minimum atomic E-state index is -0.453. The van der Waals surface area contributed by atoms with E-state index in [9.17, 15) is 4.79 Å². The van der Waals surface area contributed by atoms with Gasteiger partial charge >= 0.3 is 0 Å². The van der Waals surface area contributed by atoms with Crippen LogP contribution in [0.15, 0.2) is 53.5 Å². The fraction of sp³-hybridized carbons (Fsp3) is 0.176. The number of rotatable bonds is 6. The molecule has 0 aromatic heterocycles. The van der Waals surface area contributed by atoms with Crippen LogP contribution in [0, 0.1) is 0 Å². The number of hydrogen-bond donors (Lipinski definition) is 1. The van der Waals surface area contributed by atoms with E-state index in [1.165, 1.54) is 11.9 Å². The van der Waals surface area contributed by atoms with Gasteiger partial charge in [-0.25, -0.2) is 9.71 Å². The Bertz CT molecular complexity index is 774. The summed E-state index contributed by atoms with van der Waals surface area (Å²) in [5, 5.41) is 1.58. The molecule has 0 saturated carbocycles. The monoisotopic (exact) mass is 395 g/mol. The first kappa shape index (κ1) is 18.1. The maximum atomic E-state index is 11.3. The third kappa shape index (κ3) is 4.67. The van der Waals surface area contributed by atoms with Crippen LogP contribution in [0.3, 0.4) is 0 Å². The quantitative estimate of drug-likeness (QED) is 0.588. The Labute approximate surface area is 160 Å². The smallest absolute Gasteiger partial charge is 0.181 e. The highest BCUT2D eigenvalue weighted by Crippen LogP contribution is 2.29. The second-order valence-corrected chi connectivity index (χ2v) is 6.77. The van der Waals surface area contributed by atoms with Gasteiger partial charge in [-0.15, -0.1) is 0 Å². The van der Waals surface area contributed by atoms with Crippen molar-refractivity contribution in [3.8, 4) is 5.75 Å². The van der Waals surface area contributed by atoms with Gasteiger partial charge in [-0.1, -0.05) is 41.4 Å². The topological polar surface area (TPSA) is 53.9 Å². The van der Waals surface area contributed by atoms with Crippen molar-refractivity contribution < 1.29 is 9.53 Å². The fourth-order valence-electron chi connectivity index (χ4n) is 2.22. The summed E-state index contributed by atoms with van der Waals surface area (Å²) in [6, 6.07) is 14.7. The minimum absolute atomic E-state index is 0.428. The van der Waals surface area contributed by atoms with Gasteiger partial charge in [0.05, 0.1) is 22.3 Å². The lowest BCUT2D eigenvalue weighted by molar-refractivity contribution is -0.111. The Kier molecular flexibility index (Phi) is 6.20. The summed E-state index contributed by atoms with van der Waals surface area (Å²) in [4.78, 5) is 17.7. The van der Waals surface area contributed by atoms with Gasteiger partial charge in [-0.2, -0.15) is 0 Å². The molecule has 5 nitrogen and oxygen atoms in total. The number of benzene rings is 2. The third-order valence-corrected chi connectivity index (χ3v) is 5.06. The molecule has 8 heteroatoms. The molecule has 1 aliphatic heterocycles. The Morgan fingerprint density at radius 1 is 1.20 bits per heavy atom. The molecule has 3 rings (SSSR count). The number of amidine groups is 1. The van der Waals surface area contributed by atoms with E-state index in [1.807, 2.05) is 35.2 Å². The van der Waals surface area contributed by atoms with Gasteiger partial charge < -0.3 is 9.64 Å². The summed E-state index contributed by atoms with van der Waals surface area (Å²) in [6.07, 6.45) is 0.387. The SMILES string of the molecule is O=CC1NSC(=Nc2ccc(Cl)c(Cl)c2)N1CCOc1ccccc1. The third-order valence-electron chi connectivity index (χ3n) is 3.45. The van der Waals surface area contributed by atoms with Crippen molar-refractivity contribution in [3.05, 3.63) is 58.6 Å². The zero-order valence-corrected chi connectivity index (χ0v) is 15.4. The zero-order chi connectivity index (χ0) is 17.6. The highest BCUT2D eigenvalue weighted by molar-refractivity contribution is 8.12. The van der Waals surface area contributed by atoms with Crippen LogP contribution in [0.5, 0.6) is 5.75 Å². The normalized spacial score (nSPS) is 18.6. The lowest BCUT2D eigenvalue weighted by Crippen LogP contribution is -2.41. The summed E-state index contributed by atoms with van der Waals surface area (Å²) in [5.41, 5.74) is 0.666. The number of nitrogens with zero attached hydrogens (tertiary/aromatic N) is 2. The first-order chi connectivity index (χ1) is 12.2. The summed E-state index contributed by atoms with van der Waals surface area (Å²) in [5.74, 6) is 0.785. The van der Waals surface area contributed by atoms with Crippen LogP contribution >= 0.6 is 35.1 Å². The molecule has 1 saturated heterocycles. The number of aldehydes is 1. The molecule has 1 atom stereocenters. The number of hydrogen-bond acceptors (Lipinski definition) is 5. The molecule has 0 amide bonds. The van der Waals surface area contributed by atoms with E-state index in [0.717, 1.165) is 12.0 Å². The summed E-state index contributed by atoms with van der Waals surface area (Å²) in [6.45, 7) is 0.940. The number of aliphatic imine (C=N–C) groups is 1. The van der Waals surface area contributed by atoms with E-state index in [-0.39, 0.29) is 0 Å². The number of nitrogens with one attached hydrogen (secondary N) is 1. The molecule has 0 bridgehead atoms. The second-order valence-electron chi connectivity index (χ2n) is 5.15. The summed E-state index contributed by atoms with van der Waals surface area (Å²) in [7, 11) is 0. The molecule has 25 heavy (non-hydrogen) atoms. The van der Waals surface area contributed by atoms with Crippen LogP contribution in [-0.4, -0.2) is 35.7 Å². The lowest BCUT2D eigenvalue weighted by Gasteiger charge is -2.21. The van der Waals surface area contributed by atoms with E-state index in [2.05, 4.69) is 9.71 Å². The molecule has 2 aromatic rings. The van der Waals surface area contributed by atoms with Gasteiger partial charge in [0.25, 0.3) is 0 Å². The van der Waals surface area contributed by atoms with E-state index >= 15 is 0 Å². The van der Waals surface area contributed by atoms with Crippen LogP contribution in [-0.2, 0) is 4.79 Å². The molecular weight excluding hydrogens is 381 g/mol. The second kappa shape index (κ2) is 8.58.